The zero-order chi connectivity index (χ0) is 19.2. The summed E-state index contributed by atoms with van der Waals surface area (Å²) < 4.78 is 53.8. The van der Waals surface area contributed by atoms with E-state index in [4.69, 9.17) is 11.6 Å². The van der Waals surface area contributed by atoms with Crippen LogP contribution in [-0.2, 0) is 4.74 Å². The fourth-order valence-corrected chi connectivity index (χ4v) is 2.65. The smallest absolute Gasteiger partial charge is 0.372 e. The Kier molecular flexibility index (Phi) is 7.48. The first-order chi connectivity index (χ1) is 12.2. The highest BCUT2D eigenvalue weighted by Crippen LogP contribution is 2.19. The number of alkyl halides is 3. The van der Waals surface area contributed by atoms with Crippen LogP contribution in [-0.4, -0.2) is 67.9 Å². The first kappa shape index (κ1) is 20.7. The van der Waals surface area contributed by atoms with Crippen LogP contribution in [0.1, 0.15) is 6.42 Å². The molecule has 10 heteroatoms. The Morgan fingerprint density at radius 3 is 2.54 bits per heavy atom. The number of piperazine rings is 1. The van der Waals surface area contributed by atoms with Crippen molar-refractivity contribution in [2.75, 3.05) is 51.3 Å². The van der Waals surface area contributed by atoms with Crippen LogP contribution in [0.4, 0.5) is 28.0 Å². The molecule has 146 valence electrons. The first-order valence-corrected chi connectivity index (χ1v) is 8.50. The lowest BCUT2D eigenvalue weighted by Crippen LogP contribution is -2.50. The summed E-state index contributed by atoms with van der Waals surface area (Å²) in [6.45, 7) is 1.60. The molecule has 0 saturated carbocycles. The Hall–Kier alpha value is -1.58. The highest BCUT2D eigenvalue weighted by atomic mass is 35.5. The second-order valence-corrected chi connectivity index (χ2v) is 6.32. The number of urea groups is 1. The molecule has 0 radical (unpaired) electrons. The Balaban J connectivity index is 1.66. The van der Waals surface area contributed by atoms with Gasteiger partial charge in [0.1, 0.15) is 12.4 Å². The van der Waals surface area contributed by atoms with Crippen molar-refractivity contribution in [2.24, 2.45) is 0 Å². The molecule has 1 fully saturated rings. The standard InChI is InChI=1S/C16H20ClF4N3O2/c17-13-3-2-12(10-14(13)18)22-15(25)24-7-5-23(6-8-24)4-1-9-26-11-16(19,20)21/h2-3,10H,1,4-9,11H2,(H,22,25). The van der Waals surface area contributed by atoms with E-state index < -0.39 is 18.6 Å². The molecule has 1 saturated heterocycles. The van der Waals surface area contributed by atoms with Crippen LogP contribution in [0, 0.1) is 5.82 Å². The number of benzene rings is 1. The maximum Gasteiger partial charge on any atom is 0.411 e. The van der Waals surface area contributed by atoms with E-state index in [1.165, 1.54) is 12.1 Å². The van der Waals surface area contributed by atoms with Gasteiger partial charge in [-0.1, -0.05) is 11.6 Å². The SMILES string of the molecule is O=C(Nc1ccc(Cl)c(F)c1)N1CCN(CCCOCC(F)(F)F)CC1. The van der Waals surface area contributed by atoms with Gasteiger partial charge in [-0.25, -0.2) is 9.18 Å². The van der Waals surface area contributed by atoms with Crippen molar-refractivity contribution >= 4 is 23.3 Å². The summed E-state index contributed by atoms with van der Waals surface area (Å²) in [6, 6.07) is 3.70. The van der Waals surface area contributed by atoms with Crippen LogP contribution >= 0.6 is 11.6 Å². The first-order valence-electron chi connectivity index (χ1n) is 8.12. The van der Waals surface area contributed by atoms with Gasteiger partial charge in [-0.3, -0.25) is 4.90 Å². The zero-order valence-corrected chi connectivity index (χ0v) is 14.7. The van der Waals surface area contributed by atoms with Crippen molar-refractivity contribution in [3.05, 3.63) is 29.0 Å². The summed E-state index contributed by atoms with van der Waals surface area (Å²) in [4.78, 5) is 15.8. The summed E-state index contributed by atoms with van der Waals surface area (Å²) in [5.74, 6) is -0.609. The number of nitrogens with one attached hydrogen (secondary N) is 1. The number of anilines is 1. The van der Waals surface area contributed by atoms with Crippen molar-refractivity contribution < 1.29 is 27.1 Å². The number of hydrogen-bond acceptors (Lipinski definition) is 3. The average Bonchev–Trinajstić information content (AvgIpc) is 2.57. The third-order valence-electron chi connectivity index (χ3n) is 3.86. The summed E-state index contributed by atoms with van der Waals surface area (Å²) in [5.41, 5.74) is 0.321. The molecule has 2 rings (SSSR count). The molecule has 1 aromatic carbocycles. The van der Waals surface area contributed by atoms with Crippen LogP contribution in [0.2, 0.25) is 5.02 Å². The second-order valence-electron chi connectivity index (χ2n) is 5.91. The summed E-state index contributed by atoms with van der Waals surface area (Å²) in [5, 5.41) is 2.59. The molecule has 0 spiro atoms. The van der Waals surface area contributed by atoms with E-state index in [2.05, 4.69) is 15.0 Å². The van der Waals surface area contributed by atoms with Crippen LogP contribution in [0.25, 0.3) is 0 Å². The van der Waals surface area contributed by atoms with Crippen molar-refractivity contribution in [1.29, 1.82) is 0 Å². The van der Waals surface area contributed by atoms with E-state index in [0.717, 1.165) is 6.07 Å². The van der Waals surface area contributed by atoms with Gasteiger partial charge < -0.3 is 15.0 Å². The molecule has 2 amide bonds. The van der Waals surface area contributed by atoms with Crippen molar-refractivity contribution in [3.8, 4) is 0 Å². The second kappa shape index (κ2) is 9.38. The van der Waals surface area contributed by atoms with Gasteiger partial charge in [0.25, 0.3) is 0 Å². The zero-order valence-electron chi connectivity index (χ0n) is 14.0. The van der Waals surface area contributed by atoms with Crippen LogP contribution in [0.5, 0.6) is 0 Å². The van der Waals surface area contributed by atoms with E-state index in [-0.39, 0.29) is 17.7 Å². The van der Waals surface area contributed by atoms with Gasteiger partial charge >= 0.3 is 12.2 Å². The van der Waals surface area contributed by atoms with Gasteiger partial charge in [-0.05, 0) is 24.6 Å². The van der Waals surface area contributed by atoms with Crippen LogP contribution < -0.4 is 5.32 Å². The fraction of sp³-hybridized carbons (Fsp3) is 0.562. The number of halogens is 5. The Morgan fingerprint density at radius 2 is 1.92 bits per heavy atom. The molecule has 0 unspecified atom stereocenters. The number of hydrogen-bond donors (Lipinski definition) is 1. The Bertz CT molecular complexity index is 608. The molecule has 0 aliphatic carbocycles. The van der Waals surface area contributed by atoms with Gasteiger partial charge in [-0.15, -0.1) is 0 Å². The summed E-state index contributed by atoms with van der Waals surface area (Å²) in [6.07, 6.45) is -3.81. The lowest BCUT2D eigenvalue weighted by atomic mass is 10.3. The molecule has 1 aliphatic rings. The van der Waals surface area contributed by atoms with Gasteiger partial charge in [0.05, 0.1) is 5.02 Å². The molecule has 1 aliphatic heterocycles. The number of ether oxygens (including phenoxy) is 1. The lowest BCUT2D eigenvalue weighted by Gasteiger charge is -2.34. The number of carbonyl (C=O) groups is 1. The molecule has 0 aromatic heterocycles. The van der Waals surface area contributed by atoms with E-state index in [0.29, 0.717) is 44.8 Å². The molecule has 1 N–H and O–H groups in total. The highest BCUT2D eigenvalue weighted by Gasteiger charge is 2.27. The molecular weight excluding hydrogens is 378 g/mol. The van der Waals surface area contributed by atoms with Crippen molar-refractivity contribution in [2.45, 2.75) is 12.6 Å². The molecule has 0 bridgehead atoms. The monoisotopic (exact) mass is 397 g/mol. The topological polar surface area (TPSA) is 44.8 Å². The third kappa shape index (κ3) is 6.97. The van der Waals surface area contributed by atoms with Gasteiger partial charge in [0.2, 0.25) is 0 Å². The lowest BCUT2D eigenvalue weighted by molar-refractivity contribution is -0.174. The normalized spacial score (nSPS) is 16.0. The third-order valence-corrected chi connectivity index (χ3v) is 4.17. The number of nitrogens with zero attached hydrogens (tertiary/aromatic N) is 2. The average molecular weight is 398 g/mol. The minimum absolute atomic E-state index is 0.0178. The molecule has 26 heavy (non-hydrogen) atoms. The largest absolute Gasteiger partial charge is 0.411 e. The van der Waals surface area contributed by atoms with E-state index in [1.807, 2.05) is 0 Å². The molecular formula is C16H20ClF4N3O2. The highest BCUT2D eigenvalue weighted by molar-refractivity contribution is 6.30. The summed E-state index contributed by atoms with van der Waals surface area (Å²) in [7, 11) is 0. The van der Waals surface area contributed by atoms with Crippen molar-refractivity contribution in [1.82, 2.24) is 9.80 Å². The predicted molar refractivity (Wildman–Crippen MR) is 89.9 cm³/mol. The predicted octanol–water partition coefficient (Wildman–Crippen LogP) is 3.60. The molecule has 1 aromatic rings. The van der Waals surface area contributed by atoms with E-state index >= 15 is 0 Å². The maximum atomic E-state index is 13.4. The number of rotatable bonds is 6. The number of amides is 2. The molecule has 5 nitrogen and oxygen atoms in total. The maximum absolute atomic E-state index is 13.4. The number of carbonyl (C=O) groups excluding carboxylic acids is 1. The Morgan fingerprint density at radius 1 is 1.23 bits per heavy atom. The minimum atomic E-state index is -4.30. The van der Waals surface area contributed by atoms with E-state index in [1.54, 1.807) is 4.90 Å². The van der Waals surface area contributed by atoms with Crippen LogP contribution in [0.3, 0.4) is 0 Å². The van der Waals surface area contributed by atoms with Gasteiger partial charge in [0, 0.05) is 45.0 Å². The quantitative estimate of drug-likeness (QED) is 0.589. The summed E-state index contributed by atoms with van der Waals surface area (Å²) >= 11 is 5.60. The van der Waals surface area contributed by atoms with Gasteiger partial charge in [-0.2, -0.15) is 13.2 Å². The van der Waals surface area contributed by atoms with Crippen molar-refractivity contribution in [3.63, 3.8) is 0 Å². The van der Waals surface area contributed by atoms with Crippen LogP contribution in [0.15, 0.2) is 18.2 Å². The minimum Gasteiger partial charge on any atom is -0.372 e. The van der Waals surface area contributed by atoms with Gasteiger partial charge in [0.15, 0.2) is 0 Å². The molecule has 1 heterocycles. The Labute approximate surface area is 153 Å². The van der Waals surface area contributed by atoms with E-state index in [9.17, 15) is 22.4 Å². The molecule has 0 atom stereocenters. The fourth-order valence-electron chi connectivity index (χ4n) is 2.53.